The average Bonchev–Trinajstić information content (AvgIpc) is 3.03. The summed E-state index contributed by atoms with van der Waals surface area (Å²) < 4.78 is 0. The number of carboxylic acids is 1. The van der Waals surface area contributed by atoms with Gasteiger partial charge in [-0.25, -0.2) is 4.98 Å². The zero-order chi connectivity index (χ0) is 14.9. The van der Waals surface area contributed by atoms with Gasteiger partial charge in [0.05, 0.1) is 11.5 Å². The molecule has 1 fully saturated rings. The zero-order valence-electron chi connectivity index (χ0n) is 11.9. The fourth-order valence-corrected chi connectivity index (χ4v) is 3.93. The minimum absolute atomic E-state index is 0.0649. The number of carbonyl (C=O) groups is 1. The first-order chi connectivity index (χ1) is 10.1. The summed E-state index contributed by atoms with van der Waals surface area (Å²) in [6.07, 6.45) is 2.98. The van der Waals surface area contributed by atoms with Gasteiger partial charge in [-0.15, -0.1) is 11.3 Å². The molecule has 1 aromatic carbocycles. The molecule has 2 aromatic rings. The van der Waals surface area contributed by atoms with Gasteiger partial charge in [0.2, 0.25) is 0 Å². The first-order valence-electron chi connectivity index (χ1n) is 7.02. The van der Waals surface area contributed by atoms with E-state index < -0.39 is 11.4 Å². The van der Waals surface area contributed by atoms with E-state index in [1.807, 2.05) is 42.8 Å². The van der Waals surface area contributed by atoms with Gasteiger partial charge in [-0.3, -0.25) is 9.69 Å². The Kier molecular flexibility index (Phi) is 3.78. The maximum Gasteiger partial charge on any atom is 0.314 e. The van der Waals surface area contributed by atoms with Crippen LogP contribution >= 0.6 is 11.3 Å². The number of piperidine rings is 1. The molecule has 0 aliphatic carbocycles. The molecule has 4 nitrogen and oxygen atoms in total. The van der Waals surface area contributed by atoms with Crippen LogP contribution in [0, 0.1) is 0 Å². The number of likely N-dealkylation sites (tertiary alicyclic amines) is 1. The van der Waals surface area contributed by atoms with E-state index >= 15 is 0 Å². The van der Waals surface area contributed by atoms with Gasteiger partial charge in [-0.2, -0.15) is 0 Å². The van der Waals surface area contributed by atoms with E-state index in [-0.39, 0.29) is 6.04 Å². The predicted molar refractivity (Wildman–Crippen MR) is 82.5 cm³/mol. The van der Waals surface area contributed by atoms with E-state index in [0.717, 1.165) is 17.1 Å². The highest BCUT2D eigenvalue weighted by Gasteiger charge is 2.47. The van der Waals surface area contributed by atoms with E-state index in [9.17, 15) is 9.90 Å². The lowest BCUT2D eigenvalue weighted by molar-refractivity contribution is -0.146. The number of benzene rings is 1. The third kappa shape index (κ3) is 2.47. The van der Waals surface area contributed by atoms with E-state index in [0.29, 0.717) is 12.8 Å². The highest BCUT2D eigenvalue weighted by atomic mass is 32.1. The molecule has 2 unspecified atom stereocenters. The Morgan fingerprint density at radius 3 is 2.81 bits per heavy atom. The molecule has 0 saturated carbocycles. The molecule has 1 aliphatic rings. The molecule has 0 spiro atoms. The number of hydrogen-bond acceptors (Lipinski definition) is 4. The Morgan fingerprint density at radius 2 is 2.19 bits per heavy atom. The average molecular weight is 302 g/mol. The van der Waals surface area contributed by atoms with Gasteiger partial charge in [0.25, 0.3) is 0 Å². The molecular weight excluding hydrogens is 284 g/mol. The number of carboxylic acid groups (broad SMARTS) is 1. The molecule has 0 radical (unpaired) electrons. The summed E-state index contributed by atoms with van der Waals surface area (Å²) in [6, 6.07) is 9.67. The summed E-state index contributed by atoms with van der Waals surface area (Å²) in [5, 5.41) is 12.9. The summed E-state index contributed by atoms with van der Waals surface area (Å²) in [4.78, 5) is 18.7. The van der Waals surface area contributed by atoms with Gasteiger partial charge in [0, 0.05) is 11.6 Å². The molecule has 1 aliphatic heterocycles. The van der Waals surface area contributed by atoms with Crippen molar-refractivity contribution < 1.29 is 9.90 Å². The Morgan fingerprint density at radius 1 is 1.43 bits per heavy atom. The lowest BCUT2D eigenvalue weighted by atomic mass is 9.70. The summed E-state index contributed by atoms with van der Waals surface area (Å²) in [5.41, 5.74) is 0.0801. The molecule has 21 heavy (non-hydrogen) atoms. The second kappa shape index (κ2) is 5.58. The molecule has 0 bridgehead atoms. The smallest absolute Gasteiger partial charge is 0.314 e. The van der Waals surface area contributed by atoms with Crippen LogP contribution in [-0.4, -0.2) is 34.6 Å². The van der Waals surface area contributed by atoms with Gasteiger partial charge in [-0.1, -0.05) is 30.3 Å². The van der Waals surface area contributed by atoms with E-state index in [4.69, 9.17) is 0 Å². The number of aromatic nitrogens is 1. The summed E-state index contributed by atoms with van der Waals surface area (Å²) in [7, 11) is 2.04. The van der Waals surface area contributed by atoms with Crippen LogP contribution in [0.15, 0.2) is 41.9 Å². The number of nitrogens with zero attached hydrogens (tertiary/aromatic N) is 2. The molecular formula is C16H18N2O2S. The Bertz CT molecular complexity index is 614. The normalized spacial score (nSPS) is 26.6. The van der Waals surface area contributed by atoms with Crippen LogP contribution in [0.1, 0.15) is 29.5 Å². The van der Waals surface area contributed by atoms with Crippen molar-refractivity contribution in [2.24, 2.45) is 0 Å². The van der Waals surface area contributed by atoms with Crippen molar-refractivity contribution in [3.8, 4) is 0 Å². The second-order valence-corrected chi connectivity index (χ2v) is 6.50. The monoisotopic (exact) mass is 302 g/mol. The fourth-order valence-electron chi connectivity index (χ4n) is 3.12. The Labute approximate surface area is 128 Å². The van der Waals surface area contributed by atoms with Gasteiger partial charge >= 0.3 is 5.97 Å². The SMILES string of the molecule is CN1CCC(C(=O)O)(c2ccccc2)CC1c1nccs1. The number of hydrogen-bond donors (Lipinski definition) is 1. The molecule has 0 amide bonds. The molecule has 3 rings (SSSR count). The molecule has 1 N–H and O–H groups in total. The quantitative estimate of drug-likeness (QED) is 0.947. The summed E-state index contributed by atoms with van der Waals surface area (Å²) >= 11 is 1.60. The predicted octanol–water partition coefficient (Wildman–Crippen LogP) is 2.93. The number of rotatable bonds is 3. The van der Waals surface area contributed by atoms with Crippen LogP contribution in [0.25, 0.3) is 0 Å². The zero-order valence-corrected chi connectivity index (χ0v) is 12.7. The van der Waals surface area contributed by atoms with E-state index in [1.54, 1.807) is 17.5 Å². The minimum Gasteiger partial charge on any atom is -0.481 e. The topological polar surface area (TPSA) is 53.4 Å². The van der Waals surface area contributed by atoms with Crippen molar-refractivity contribution in [1.29, 1.82) is 0 Å². The third-order valence-corrected chi connectivity index (χ3v) is 5.31. The second-order valence-electron chi connectivity index (χ2n) is 5.57. The van der Waals surface area contributed by atoms with Crippen LogP contribution in [0.5, 0.6) is 0 Å². The lowest BCUT2D eigenvalue weighted by Crippen LogP contribution is -2.47. The van der Waals surface area contributed by atoms with Crippen molar-refractivity contribution in [2.45, 2.75) is 24.3 Å². The van der Waals surface area contributed by atoms with Crippen molar-refractivity contribution in [3.63, 3.8) is 0 Å². The fraction of sp³-hybridized carbons (Fsp3) is 0.375. The number of thiazole rings is 1. The van der Waals surface area contributed by atoms with Gasteiger partial charge in [0.1, 0.15) is 5.01 Å². The first kappa shape index (κ1) is 14.2. The highest BCUT2D eigenvalue weighted by Crippen LogP contribution is 2.44. The van der Waals surface area contributed by atoms with Crippen LogP contribution in [0.2, 0.25) is 0 Å². The Hall–Kier alpha value is -1.72. The van der Waals surface area contributed by atoms with Gasteiger partial charge in [-0.05, 0) is 32.0 Å². The van der Waals surface area contributed by atoms with Crippen molar-refractivity contribution >= 4 is 17.3 Å². The Balaban J connectivity index is 2.00. The van der Waals surface area contributed by atoms with Gasteiger partial charge in [0.15, 0.2) is 0 Å². The van der Waals surface area contributed by atoms with Crippen molar-refractivity contribution in [3.05, 3.63) is 52.5 Å². The summed E-state index contributed by atoms with van der Waals surface area (Å²) in [6.45, 7) is 0.755. The van der Waals surface area contributed by atoms with E-state index in [1.165, 1.54) is 0 Å². The molecule has 5 heteroatoms. The van der Waals surface area contributed by atoms with Crippen molar-refractivity contribution in [1.82, 2.24) is 9.88 Å². The maximum absolute atomic E-state index is 12.1. The largest absolute Gasteiger partial charge is 0.481 e. The molecule has 110 valence electrons. The standard InChI is InChI=1S/C16H18N2O2S/c1-18-9-7-16(15(19)20,12-5-3-2-4-6-12)11-13(18)14-17-8-10-21-14/h2-6,8,10,13H,7,9,11H2,1H3,(H,19,20). The summed E-state index contributed by atoms with van der Waals surface area (Å²) in [5.74, 6) is -0.733. The molecule has 2 atom stereocenters. The molecule has 1 aromatic heterocycles. The van der Waals surface area contributed by atoms with Gasteiger partial charge < -0.3 is 5.11 Å². The minimum atomic E-state index is -0.815. The molecule has 1 saturated heterocycles. The van der Waals surface area contributed by atoms with Crippen LogP contribution in [0.3, 0.4) is 0 Å². The maximum atomic E-state index is 12.1. The van der Waals surface area contributed by atoms with E-state index in [2.05, 4.69) is 9.88 Å². The number of aliphatic carboxylic acids is 1. The van der Waals surface area contributed by atoms with Crippen molar-refractivity contribution in [2.75, 3.05) is 13.6 Å². The first-order valence-corrected chi connectivity index (χ1v) is 7.90. The van der Waals surface area contributed by atoms with Crippen LogP contribution < -0.4 is 0 Å². The van der Waals surface area contributed by atoms with Crippen LogP contribution in [0.4, 0.5) is 0 Å². The third-order valence-electron chi connectivity index (χ3n) is 4.44. The highest BCUT2D eigenvalue weighted by molar-refractivity contribution is 7.09. The van der Waals surface area contributed by atoms with Crippen LogP contribution in [-0.2, 0) is 10.2 Å². The lowest BCUT2D eigenvalue weighted by Gasteiger charge is -2.42. The molecule has 2 heterocycles.